The quantitative estimate of drug-likeness (QED) is 0.191. The Morgan fingerprint density at radius 1 is 0.725 bits per heavy atom. The lowest BCUT2D eigenvalue weighted by atomic mass is 9.63. The number of hydrogen-bond acceptors (Lipinski definition) is 4. The lowest BCUT2D eigenvalue weighted by Gasteiger charge is -2.39. The molecule has 4 aromatic rings. The van der Waals surface area contributed by atoms with Crippen molar-refractivity contribution in [2.75, 3.05) is 0 Å². The minimum Gasteiger partial charge on any atom is -0.452 e. The van der Waals surface area contributed by atoms with Gasteiger partial charge in [-0.1, -0.05) is 115 Å². The van der Waals surface area contributed by atoms with Crippen LogP contribution in [0, 0.1) is 0 Å². The zero-order valence-corrected chi connectivity index (χ0v) is 23.1. The highest BCUT2D eigenvalue weighted by molar-refractivity contribution is 7.90. The maximum atomic E-state index is 13.2. The van der Waals surface area contributed by atoms with E-state index in [-0.39, 0.29) is 10.6 Å². The molecule has 5 rings (SSSR count). The van der Waals surface area contributed by atoms with E-state index in [1.54, 1.807) is 25.1 Å². The Kier molecular flexibility index (Phi) is 7.63. The number of allylic oxidation sites excluding steroid dienone is 2. The van der Waals surface area contributed by atoms with Crippen molar-refractivity contribution in [3.63, 3.8) is 0 Å². The first-order chi connectivity index (χ1) is 19.3. The Morgan fingerprint density at radius 3 is 1.57 bits per heavy atom. The van der Waals surface area contributed by atoms with Gasteiger partial charge >= 0.3 is 5.97 Å². The van der Waals surface area contributed by atoms with Gasteiger partial charge in [0.2, 0.25) is 0 Å². The molecule has 0 saturated carbocycles. The van der Waals surface area contributed by atoms with E-state index in [2.05, 4.69) is 40.8 Å². The molecule has 0 heterocycles. The van der Waals surface area contributed by atoms with E-state index in [1.807, 2.05) is 66.7 Å². The van der Waals surface area contributed by atoms with Gasteiger partial charge in [0.15, 0.2) is 6.10 Å². The Bertz CT molecular complexity index is 1600. The van der Waals surface area contributed by atoms with E-state index < -0.39 is 27.5 Å². The number of ether oxygens (including phenoxy) is 1. The number of carbonyl (C=O) groups excluding carboxylic acids is 1. The fraction of sp³-hybridized carbons (Fsp3) is 0.118. The molecule has 0 aromatic heterocycles. The number of nitrogens with zero attached hydrogens (tertiary/aromatic N) is 1. The topological polar surface area (TPSA) is 72.8 Å². The van der Waals surface area contributed by atoms with Crippen LogP contribution < -0.4 is 0 Å². The van der Waals surface area contributed by atoms with E-state index in [0.29, 0.717) is 5.57 Å². The minimum atomic E-state index is -4.04. The zero-order chi connectivity index (χ0) is 28.2. The Labute approximate surface area is 235 Å². The molecule has 200 valence electrons. The van der Waals surface area contributed by atoms with Crippen molar-refractivity contribution < 1.29 is 17.9 Å². The molecule has 0 saturated heterocycles. The van der Waals surface area contributed by atoms with Gasteiger partial charge in [0, 0.05) is 6.92 Å². The molecule has 0 bridgehead atoms. The predicted molar refractivity (Wildman–Crippen MR) is 158 cm³/mol. The molecule has 0 aliphatic heterocycles. The van der Waals surface area contributed by atoms with Crippen LogP contribution in [0.25, 0.3) is 0 Å². The summed E-state index contributed by atoms with van der Waals surface area (Å²) in [5, 5.41) is 0. The molecule has 1 atom stereocenters. The van der Waals surface area contributed by atoms with Crippen LogP contribution in [0.3, 0.4) is 0 Å². The SMILES string of the molecule is CC(=O)OC1C=C(C(c2ccccc2)(c2ccccc2)c2ccccc2)C=C(C)/C1=N/S(=O)(=O)c1ccccc1. The van der Waals surface area contributed by atoms with Gasteiger partial charge in [-0.2, -0.15) is 12.8 Å². The summed E-state index contributed by atoms with van der Waals surface area (Å²) in [6.07, 6.45) is 2.76. The molecule has 0 spiro atoms. The van der Waals surface area contributed by atoms with Gasteiger partial charge in [0.25, 0.3) is 10.0 Å². The Balaban J connectivity index is 1.78. The molecular formula is C34H29NO4S. The van der Waals surface area contributed by atoms with Crippen LogP contribution in [0.15, 0.2) is 154 Å². The average molecular weight is 548 g/mol. The number of benzene rings is 4. The zero-order valence-electron chi connectivity index (χ0n) is 22.3. The molecule has 1 unspecified atom stereocenters. The summed E-state index contributed by atoms with van der Waals surface area (Å²) in [5.41, 5.74) is 3.87. The first-order valence-electron chi connectivity index (χ1n) is 13.0. The van der Waals surface area contributed by atoms with Crippen LogP contribution in [-0.4, -0.2) is 26.2 Å². The molecule has 0 fully saturated rings. The standard InChI is InChI=1S/C34H29NO4S/c1-25-23-30(24-32(39-26(2)36)33(25)35-40(37,38)31-21-13-6-14-22-31)34(27-15-7-3-8-16-27,28-17-9-4-10-18-28)29-19-11-5-12-20-29/h3-24,32H,1-2H3/b35-33-. The van der Waals surface area contributed by atoms with Crippen LogP contribution in [0.2, 0.25) is 0 Å². The van der Waals surface area contributed by atoms with Crippen LogP contribution in [-0.2, 0) is 25.0 Å². The summed E-state index contributed by atoms with van der Waals surface area (Å²) in [6.45, 7) is 3.11. The van der Waals surface area contributed by atoms with Crippen molar-refractivity contribution in [3.05, 3.63) is 161 Å². The molecule has 40 heavy (non-hydrogen) atoms. The van der Waals surface area contributed by atoms with Crippen LogP contribution in [0.4, 0.5) is 0 Å². The van der Waals surface area contributed by atoms with Crippen LogP contribution in [0.5, 0.6) is 0 Å². The number of esters is 1. The molecule has 0 radical (unpaired) electrons. The van der Waals surface area contributed by atoms with Gasteiger partial charge in [-0.25, -0.2) is 0 Å². The number of hydrogen-bond donors (Lipinski definition) is 0. The lowest BCUT2D eigenvalue weighted by Crippen LogP contribution is -2.37. The van der Waals surface area contributed by atoms with Gasteiger partial charge in [0.1, 0.15) is 5.71 Å². The van der Waals surface area contributed by atoms with E-state index in [0.717, 1.165) is 22.3 Å². The molecule has 4 aromatic carbocycles. The van der Waals surface area contributed by atoms with Gasteiger partial charge in [-0.3, -0.25) is 4.79 Å². The van der Waals surface area contributed by atoms with Crippen molar-refractivity contribution in [1.29, 1.82) is 0 Å². The van der Waals surface area contributed by atoms with E-state index in [4.69, 9.17) is 4.74 Å². The smallest absolute Gasteiger partial charge is 0.303 e. The summed E-state index contributed by atoms with van der Waals surface area (Å²) in [7, 11) is -4.04. The molecule has 1 aliphatic carbocycles. The van der Waals surface area contributed by atoms with Crippen molar-refractivity contribution in [3.8, 4) is 0 Å². The number of sulfonamides is 1. The van der Waals surface area contributed by atoms with E-state index in [9.17, 15) is 13.2 Å². The number of carbonyl (C=O) groups is 1. The second-order valence-corrected chi connectivity index (χ2v) is 11.2. The average Bonchev–Trinajstić information content (AvgIpc) is 2.97. The van der Waals surface area contributed by atoms with Crippen molar-refractivity contribution in [2.24, 2.45) is 4.40 Å². The van der Waals surface area contributed by atoms with Crippen LogP contribution in [0.1, 0.15) is 30.5 Å². The fourth-order valence-electron chi connectivity index (χ4n) is 5.29. The summed E-state index contributed by atoms with van der Waals surface area (Å²) in [5.74, 6) is -0.537. The highest BCUT2D eigenvalue weighted by Crippen LogP contribution is 2.47. The molecular weight excluding hydrogens is 518 g/mol. The second-order valence-electron chi connectivity index (χ2n) is 9.59. The van der Waals surface area contributed by atoms with E-state index >= 15 is 0 Å². The third kappa shape index (κ3) is 5.18. The number of rotatable bonds is 7. The van der Waals surface area contributed by atoms with Gasteiger partial charge in [0.05, 0.1) is 10.3 Å². The van der Waals surface area contributed by atoms with Gasteiger partial charge < -0.3 is 4.74 Å². The summed E-state index contributed by atoms with van der Waals surface area (Å²) < 4.78 is 36.4. The Morgan fingerprint density at radius 2 is 1.15 bits per heavy atom. The highest BCUT2D eigenvalue weighted by Gasteiger charge is 2.42. The Hall–Kier alpha value is -4.55. The first kappa shape index (κ1) is 27.0. The van der Waals surface area contributed by atoms with Gasteiger partial charge in [-0.05, 0) is 53.0 Å². The van der Waals surface area contributed by atoms with Crippen molar-refractivity contribution >= 4 is 21.7 Å². The molecule has 0 amide bonds. The minimum absolute atomic E-state index is 0.0684. The monoisotopic (exact) mass is 547 g/mol. The third-order valence-corrected chi connectivity index (χ3v) is 8.29. The maximum Gasteiger partial charge on any atom is 0.303 e. The molecule has 0 N–H and O–H groups in total. The third-order valence-electron chi connectivity index (χ3n) is 6.98. The summed E-state index contributed by atoms with van der Waals surface area (Å²) in [6, 6.07) is 38.4. The fourth-order valence-corrected chi connectivity index (χ4v) is 6.40. The lowest BCUT2D eigenvalue weighted by molar-refractivity contribution is -0.141. The second kappa shape index (κ2) is 11.3. The van der Waals surface area contributed by atoms with Gasteiger partial charge in [-0.15, -0.1) is 0 Å². The molecule has 1 aliphatic rings. The van der Waals surface area contributed by atoms with Crippen molar-refractivity contribution in [1.82, 2.24) is 0 Å². The molecule has 6 heteroatoms. The summed E-state index contributed by atoms with van der Waals surface area (Å²) in [4.78, 5) is 12.4. The predicted octanol–water partition coefficient (Wildman–Crippen LogP) is 6.67. The summed E-state index contributed by atoms with van der Waals surface area (Å²) >= 11 is 0. The van der Waals surface area contributed by atoms with E-state index in [1.165, 1.54) is 19.1 Å². The maximum absolute atomic E-state index is 13.2. The highest BCUT2D eigenvalue weighted by atomic mass is 32.2. The largest absolute Gasteiger partial charge is 0.452 e. The first-order valence-corrected chi connectivity index (χ1v) is 14.4. The normalized spacial score (nSPS) is 16.6. The molecule has 5 nitrogen and oxygen atoms in total. The van der Waals surface area contributed by atoms with Crippen molar-refractivity contribution in [2.45, 2.75) is 30.3 Å². The van der Waals surface area contributed by atoms with Crippen LogP contribution >= 0.6 is 0 Å².